The molecule has 118 valence electrons. The number of hydrogen-bond acceptors (Lipinski definition) is 3. The quantitative estimate of drug-likeness (QED) is 0.847. The van der Waals surface area contributed by atoms with E-state index in [2.05, 4.69) is 0 Å². The van der Waals surface area contributed by atoms with Crippen molar-refractivity contribution in [3.63, 3.8) is 0 Å². The largest absolute Gasteiger partial charge is 0.494 e. The van der Waals surface area contributed by atoms with Gasteiger partial charge in [0.2, 0.25) is 0 Å². The fourth-order valence-corrected chi connectivity index (χ4v) is 3.48. The minimum Gasteiger partial charge on any atom is -0.494 e. The third-order valence-electron chi connectivity index (χ3n) is 3.36. The van der Waals surface area contributed by atoms with Crippen LogP contribution in [0.3, 0.4) is 0 Å². The minimum atomic E-state index is -3.58. The van der Waals surface area contributed by atoms with Gasteiger partial charge in [0.15, 0.2) is 0 Å². The number of ether oxygens (including phenoxy) is 1. The van der Waals surface area contributed by atoms with E-state index in [1.165, 1.54) is 4.31 Å². The highest BCUT2D eigenvalue weighted by molar-refractivity contribution is 7.92. The predicted molar refractivity (Wildman–Crippen MR) is 89.1 cm³/mol. The molecule has 0 radical (unpaired) electrons. The number of benzene rings is 2. The van der Waals surface area contributed by atoms with Gasteiger partial charge in [-0.3, -0.25) is 4.31 Å². The van der Waals surface area contributed by atoms with Gasteiger partial charge in [0.05, 0.1) is 17.2 Å². The third-order valence-corrected chi connectivity index (χ3v) is 5.16. The van der Waals surface area contributed by atoms with E-state index in [1.807, 2.05) is 39.0 Å². The van der Waals surface area contributed by atoms with Gasteiger partial charge >= 0.3 is 0 Å². The summed E-state index contributed by atoms with van der Waals surface area (Å²) in [6.45, 7) is 6.34. The van der Waals surface area contributed by atoms with Gasteiger partial charge in [0.25, 0.3) is 10.0 Å². The van der Waals surface area contributed by atoms with Crippen LogP contribution in [0.5, 0.6) is 5.75 Å². The molecule has 4 nitrogen and oxygen atoms in total. The molecule has 5 heteroatoms. The lowest BCUT2D eigenvalue weighted by Gasteiger charge is -2.20. The molecule has 0 aliphatic heterocycles. The van der Waals surface area contributed by atoms with E-state index in [0.717, 1.165) is 11.1 Å². The van der Waals surface area contributed by atoms with Gasteiger partial charge in [-0.05, 0) is 68.3 Å². The van der Waals surface area contributed by atoms with Crippen LogP contribution in [0.2, 0.25) is 0 Å². The van der Waals surface area contributed by atoms with Gasteiger partial charge in [-0.15, -0.1) is 0 Å². The summed E-state index contributed by atoms with van der Waals surface area (Å²) in [6.07, 6.45) is 0. The third kappa shape index (κ3) is 3.42. The smallest absolute Gasteiger partial charge is 0.264 e. The standard InChI is InChI=1S/C17H21NO3S/c1-5-21-16-6-8-17(9-7-16)22(19,20)18(4)15-11-13(2)10-14(3)12-15/h6-12H,5H2,1-4H3. The van der Waals surface area contributed by atoms with Crippen molar-refractivity contribution in [3.05, 3.63) is 53.6 Å². The van der Waals surface area contributed by atoms with Crippen LogP contribution >= 0.6 is 0 Å². The van der Waals surface area contributed by atoms with Crippen molar-refractivity contribution in [1.29, 1.82) is 0 Å². The average molecular weight is 319 g/mol. The lowest BCUT2D eigenvalue weighted by Crippen LogP contribution is -2.26. The predicted octanol–water partition coefficient (Wildman–Crippen LogP) is 3.53. The summed E-state index contributed by atoms with van der Waals surface area (Å²) >= 11 is 0. The zero-order valence-electron chi connectivity index (χ0n) is 13.3. The maximum Gasteiger partial charge on any atom is 0.264 e. The Kier molecular flexibility index (Phi) is 4.76. The normalized spacial score (nSPS) is 11.3. The SMILES string of the molecule is CCOc1ccc(S(=O)(=O)N(C)c2cc(C)cc(C)c2)cc1. The molecule has 0 aliphatic rings. The summed E-state index contributed by atoms with van der Waals surface area (Å²) < 4.78 is 32.1. The maximum absolute atomic E-state index is 12.7. The maximum atomic E-state index is 12.7. The van der Waals surface area contributed by atoms with Crippen LogP contribution in [0.25, 0.3) is 0 Å². The molecular formula is C17H21NO3S. The summed E-state index contributed by atoms with van der Waals surface area (Å²) in [5, 5.41) is 0. The Hall–Kier alpha value is -2.01. The number of rotatable bonds is 5. The lowest BCUT2D eigenvalue weighted by atomic mass is 10.1. The van der Waals surface area contributed by atoms with Gasteiger partial charge in [-0.25, -0.2) is 8.42 Å². The molecule has 0 aromatic heterocycles. The average Bonchev–Trinajstić information content (AvgIpc) is 2.46. The molecule has 2 aromatic carbocycles. The highest BCUT2D eigenvalue weighted by atomic mass is 32.2. The molecular weight excluding hydrogens is 298 g/mol. The highest BCUT2D eigenvalue weighted by Crippen LogP contribution is 2.25. The molecule has 0 bridgehead atoms. The first kappa shape index (κ1) is 16.4. The van der Waals surface area contributed by atoms with E-state index >= 15 is 0 Å². The Morgan fingerprint density at radius 2 is 1.55 bits per heavy atom. The van der Waals surface area contributed by atoms with Crippen LogP contribution in [-0.4, -0.2) is 22.1 Å². The second kappa shape index (κ2) is 6.40. The van der Waals surface area contributed by atoms with Gasteiger partial charge in [-0.2, -0.15) is 0 Å². The van der Waals surface area contributed by atoms with Gasteiger partial charge in [0.1, 0.15) is 5.75 Å². The first-order chi connectivity index (χ1) is 10.3. The number of sulfonamides is 1. The second-order valence-corrected chi connectivity index (χ2v) is 7.19. The Balaban J connectivity index is 2.36. The Morgan fingerprint density at radius 1 is 1.00 bits per heavy atom. The Bertz CT molecular complexity index is 732. The van der Waals surface area contributed by atoms with E-state index in [-0.39, 0.29) is 4.90 Å². The first-order valence-corrected chi connectivity index (χ1v) is 8.58. The zero-order chi connectivity index (χ0) is 16.3. The molecule has 0 amide bonds. The van der Waals surface area contributed by atoms with Crippen molar-refractivity contribution in [3.8, 4) is 5.75 Å². The number of aryl methyl sites for hydroxylation is 2. The van der Waals surface area contributed by atoms with Crippen LogP contribution in [-0.2, 0) is 10.0 Å². The van der Waals surface area contributed by atoms with Crippen LogP contribution in [0.1, 0.15) is 18.1 Å². The molecule has 0 N–H and O–H groups in total. The first-order valence-electron chi connectivity index (χ1n) is 7.14. The van der Waals surface area contributed by atoms with Crippen molar-refractivity contribution < 1.29 is 13.2 Å². The van der Waals surface area contributed by atoms with Crippen molar-refractivity contribution >= 4 is 15.7 Å². The van der Waals surface area contributed by atoms with E-state index in [9.17, 15) is 8.42 Å². The summed E-state index contributed by atoms with van der Waals surface area (Å²) in [5.74, 6) is 0.663. The summed E-state index contributed by atoms with van der Waals surface area (Å²) in [5.41, 5.74) is 2.72. The van der Waals surface area contributed by atoms with Crippen LogP contribution < -0.4 is 9.04 Å². The Labute approximate surface area is 132 Å². The zero-order valence-corrected chi connectivity index (χ0v) is 14.1. The fourth-order valence-electron chi connectivity index (χ4n) is 2.30. The van der Waals surface area contributed by atoms with Crippen LogP contribution in [0, 0.1) is 13.8 Å². The number of nitrogens with zero attached hydrogens (tertiary/aromatic N) is 1. The molecule has 0 unspecified atom stereocenters. The monoisotopic (exact) mass is 319 g/mol. The second-order valence-electron chi connectivity index (χ2n) is 5.22. The number of anilines is 1. The molecule has 0 atom stereocenters. The van der Waals surface area contributed by atoms with Gasteiger partial charge in [-0.1, -0.05) is 6.07 Å². The Morgan fingerprint density at radius 3 is 2.05 bits per heavy atom. The molecule has 22 heavy (non-hydrogen) atoms. The molecule has 2 rings (SSSR count). The molecule has 0 spiro atoms. The lowest BCUT2D eigenvalue weighted by molar-refractivity contribution is 0.340. The van der Waals surface area contributed by atoms with E-state index in [1.54, 1.807) is 31.3 Å². The molecule has 0 saturated carbocycles. The minimum absolute atomic E-state index is 0.248. The molecule has 0 fully saturated rings. The molecule has 0 saturated heterocycles. The van der Waals surface area contributed by atoms with E-state index in [4.69, 9.17) is 4.74 Å². The molecule has 0 heterocycles. The molecule has 2 aromatic rings. The topological polar surface area (TPSA) is 46.6 Å². The van der Waals surface area contributed by atoms with Crippen molar-refractivity contribution in [2.45, 2.75) is 25.7 Å². The van der Waals surface area contributed by atoms with Crippen molar-refractivity contribution in [2.24, 2.45) is 0 Å². The van der Waals surface area contributed by atoms with Crippen LogP contribution in [0.4, 0.5) is 5.69 Å². The van der Waals surface area contributed by atoms with Crippen LogP contribution in [0.15, 0.2) is 47.4 Å². The highest BCUT2D eigenvalue weighted by Gasteiger charge is 2.21. The van der Waals surface area contributed by atoms with Gasteiger partial charge < -0.3 is 4.74 Å². The van der Waals surface area contributed by atoms with Crippen molar-refractivity contribution in [2.75, 3.05) is 18.0 Å². The number of hydrogen-bond donors (Lipinski definition) is 0. The van der Waals surface area contributed by atoms with E-state index < -0.39 is 10.0 Å². The summed E-state index contributed by atoms with van der Waals surface area (Å²) in [7, 11) is -2.01. The van der Waals surface area contributed by atoms with E-state index in [0.29, 0.717) is 18.0 Å². The van der Waals surface area contributed by atoms with Gasteiger partial charge in [0, 0.05) is 7.05 Å². The summed E-state index contributed by atoms with van der Waals surface area (Å²) in [6, 6.07) is 12.2. The summed E-state index contributed by atoms with van der Waals surface area (Å²) in [4.78, 5) is 0.248. The van der Waals surface area contributed by atoms with Crippen molar-refractivity contribution in [1.82, 2.24) is 0 Å². The fraction of sp³-hybridized carbons (Fsp3) is 0.294. The molecule has 0 aliphatic carbocycles.